The lowest BCUT2D eigenvalue weighted by Crippen LogP contribution is -2.07. The average molecular weight is 297 g/mol. The van der Waals surface area contributed by atoms with Crippen LogP contribution in [0.25, 0.3) is 11.1 Å². The van der Waals surface area contributed by atoms with Gasteiger partial charge in [0, 0.05) is 18.0 Å². The number of hydrogen-bond donors (Lipinski definition) is 0. The van der Waals surface area contributed by atoms with Gasteiger partial charge in [0.2, 0.25) is 0 Å². The van der Waals surface area contributed by atoms with Crippen LogP contribution in [-0.2, 0) is 4.74 Å². The summed E-state index contributed by atoms with van der Waals surface area (Å²) in [5.74, 6) is -1.94. The van der Waals surface area contributed by atoms with Crippen molar-refractivity contribution in [2.45, 2.75) is 6.61 Å². The number of carbonyl (C=O) groups excluding carboxylic acids is 1. The summed E-state index contributed by atoms with van der Waals surface area (Å²) in [5.41, 5.74) is -0.263. The first-order valence-corrected chi connectivity index (χ1v) is 5.80. The van der Waals surface area contributed by atoms with E-state index in [1.165, 1.54) is 30.6 Å². The van der Waals surface area contributed by atoms with Crippen molar-refractivity contribution >= 4 is 5.97 Å². The highest BCUT2D eigenvalue weighted by molar-refractivity contribution is 5.97. The van der Waals surface area contributed by atoms with Gasteiger partial charge in [-0.05, 0) is 18.2 Å². The third-order valence-electron chi connectivity index (χ3n) is 2.69. The molecule has 0 aliphatic carbocycles. The number of hydrogen-bond acceptors (Lipinski definition) is 4. The van der Waals surface area contributed by atoms with Crippen molar-refractivity contribution in [2.75, 3.05) is 7.11 Å². The Bertz CT molecular complexity index is 662. The van der Waals surface area contributed by atoms with Crippen molar-refractivity contribution in [2.24, 2.45) is 0 Å². The second kappa shape index (κ2) is 6.25. The van der Waals surface area contributed by atoms with Crippen LogP contribution >= 0.6 is 0 Å². The Morgan fingerprint density at radius 1 is 1.29 bits per heavy atom. The van der Waals surface area contributed by atoms with E-state index in [-0.39, 0.29) is 22.4 Å². The first kappa shape index (κ1) is 14.8. The van der Waals surface area contributed by atoms with Crippen LogP contribution in [0.2, 0.25) is 0 Å². The number of carbonyl (C=O) groups is 1. The number of alkyl halides is 2. The Kier molecular flexibility index (Phi) is 4.42. The maximum atomic E-state index is 14.0. The van der Waals surface area contributed by atoms with Crippen LogP contribution in [0.5, 0.6) is 5.75 Å². The Hall–Kier alpha value is -2.57. The van der Waals surface area contributed by atoms with Gasteiger partial charge in [0.15, 0.2) is 0 Å². The largest absolute Gasteiger partial charge is 0.465 e. The normalized spacial score (nSPS) is 10.5. The lowest BCUT2D eigenvalue weighted by molar-refractivity contribution is -0.0495. The molecular weight excluding hydrogens is 287 g/mol. The van der Waals surface area contributed by atoms with Crippen LogP contribution < -0.4 is 4.74 Å². The van der Waals surface area contributed by atoms with Crippen LogP contribution in [0.3, 0.4) is 0 Å². The molecule has 1 aromatic carbocycles. The second-order valence-electron chi connectivity index (χ2n) is 3.90. The summed E-state index contributed by atoms with van der Waals surface area (Å²) < 4.78 is 47.7. The molecule has 2 aromatic rings. The van der Waals surface area contributed by atoms with Gasteiger partial charge < -0.3 is 9.47 Å². The molecule has 0 bridgehead atoms. The molecule has 0 aliphatic rings. The van der Waals surface area contributed by atoms with Crippen LogP contribution in [-0.4, -0.2) is 24.7 Å². The Morgan fingerprint density at radius 2 is 2.05 bits per heavy atom. The van der Waals surface area contributed by atoms with Gasteiger partial charge in [-0.1, -0.05) is 6.07 Å². The highest BCUT2D eigenvalue weighted by Crippen LogP contribution is 2.35. The van der Waals surface area contributed by atoms with Crippen molar-refractivity contribution in [3.63, 3.8) is 0 Å². The fraction of sp³-hybridized carbons (Fsp3) is 0.143. The predicted molar refractivity (Wildman–Crippen MR) is 67.6 cm³/mol. The minimum absolute atomic E-state index is 0.00304. The van der Waals surface area contributed by atoms with E-state index >= 15 is 0 Å². The quantitative estimate of drug-likeness (QED) is 0.813. The maximum Gasteiger partial charge on any atom is 0.387 e. The number of halogens is 3. The summed E-state index contributed by atoms with van der Waals surface area (Å²) in [7, 11) is 1.16. The number of pyridine rings is 1. The molecule has 0 atom stereocenters. The van der Waals surface area contributed by atoms with Crippen LogP contribution in [0.1, 0.15) is 10.4 Å². The number of ether oxygens (including phenoxy) is 2. The number of esters is 1. The summed E-state index contributed by atoms with van der Waals surface area (Å²) in [6.07, 6.45) is 2.49. The van der Waals surface area contributed by atoms with Crippen LogP contribution in [0.4, 0.5) is 13.2 Å². The Labute approximate surface area is 118 Å². The fourth-order valence-corrected chi connectivity index (χ4v) is 1.84. The Balaban J connectivity index is 2.64. The molecule has 1 aromatic heterocycles. The second-order valence-corrected chi connectivity index (χ2v) is 3.90. The number of nitrogens with zero attached hydrogens (tertiary/aromatic N) is 1. The standard InChI is InChI=1S/C14H10F3NO3/c1-20-13(19)8-5-6-18-7-9(8)12-10(15)3-2-4-11(12)21-14(16)17/h2-7,14H,1H3. The van der Waals surface area contributed by atoms with E-state index in [0.29, 0.717) is 0 Å². The molecule has 4 nitrogen and oxygen atoms in total. The smallest absolute Gasteiger partial charge is 0.387 e. The first-order chi connectivity index (χ1) is 10.0. The van der Waals surface area contributed by atoms with E-state index in [1.54, 1.807) is 0 Å². The third kappa shape index (κ3) is 3.13. The molecule has 0 saturated carbocycles. The van der Waals surface area contributed by atoms with Gasteiger partial charge in [-0.3, -0.25) is 4.98 Å². The minimum Gasteiger partial charge on any atom is -0.465 e. The molecule has 1 heterocycles. The van der Waals surface area contributed by atoms with Gasteiger partial charge in [0.05, 0.1) is 18.2 Å². The highest BCUT2D eigenvalue weighted by Gasteiger charge is 2.21. The molecule has 0 unspecified atom stereocenters. The molecule has 0 N–H and O–H groups in total. The minimum atomic E-state index is -3.12. The van der Waals surface area contributed by atoms with Gasteiger partial charge in [-0.25, -0.2) is 9.18 Å². The van der Waals surface area contributed by atoms with Crippen molar-refractivity contribution < 1.29 is 27.4 Å². The number of rotatable bonds is 4. The molecule has 0 fully saturated rings. The van der Waals surface area contributed by atoms with Gasteiger partial charge in [0.25, 0.3) is 0 Å². The molecule has 21 heavy (non-hydrogen) atoms. The average Bonchev–Trinajstić information content (AvgIpc) is 2.46. The van der Waals surface area contributed by atoms with Crippen LogP contribution in [0.15, 0.2) is 36.7 Å². The SMILES string of the molecule is COC(=O)c1ccncc1-c1c(F)cccc1OC(F)F. The van der Waals surface area contributed by atoms with E-state index in [1.807, 2.05) is 0 Å². The molecule has 7 heteroatoms. The number of benzene rings is 1. The molecule has 110 valence electrons. The summed E-state index contributed by atoms with van der Waals surface area (Å²) in [6.45, 7) is -3.12. The number of aromatic nitrogens is 1. The molecule has 0 saturated heterocycles. The lowest BCUT2D eigenvalue weighted by Gasteiger charge is -2.13. The third-order valence-corrected chi connectivity index (χ3v) is 2.69. The summed E-state index contributed by atoms with van der Waals surface area (Å²) >= 11 is 0. The van der Waals surface area contributed by atoms with Crippen molar-refractivity contribution in [3.05, 3.63) is 48.0 Å². The van der Waals surface area contributed by atoms with Crippen LogP contribution in [0, 0.1) is 5.82 Å². The van der Waals surface area contributed by atoms with E-state index in [9.17, 15) is 18.0 Å². The fourth-order valence-electron chi connectivity index (χ4n) is 1.84. The predicted octanol–water partition coefficient (Wildman–Crippen LogP) is 3.28. The zero-order valence-corrected chi connectivity index (χ0v) is 10.8. The van der Waals surface area contributed by atoms with E-state index in [4.69, 9.17) is 0 Å². The molecule has 0 aliphatic heterocycles. The molecule has 0 radical (unpaired) electrons. The monoisotopic (exact) mass is 297 g/mol. The molecular formula is C14H10F3NO3. The number of methoxy groups -OCH3 is 1. The molecule has 0 amide bonds. The summed E-state index contributed by atoms with van der Waals surface area (Å²) in [5, 5.41) is 0. The van der Waals surface area contributed by atoms with Gasteiger partial charge in [0.1, 0.15) is 11.6 Å². The van der Waals surface area contributed by atoms with E-state index in [0.717, 1.165) is 13.2 Å². The summed E-state index contributed by atoms with van der Waals surface area (Å²) in [6, 6.07) is 4.78. The van der Waals surface area contributed by atoms with E-state index < -0.39 is 18.4 Å². The van der Waals surface area contributed by atoms with Crippen molar-refractivity contribution in [3.8, 4) is 16.9 Å². The first-order valence-electron chi connectivity index (χ1n) is 5.80. The Morgan fingerprint density at radius 3 is 2.71 bits per heavy atom. The molecule has 2 rings (SSSR count). The van der Waals surface area contributed by atoms with E-state index in [2.05, 4.69) is 14.5 Å². The lowest BCUT2D eigenvalue weighted by atomic mass is 10.0. The highest BCUT2D eigenvalue weighted by atomic mass is 19.3. The van der Waals surface area contributed by atoms with Gasteiger partial charge >= 0.3 is 12.6 Å². The van der Waals surface area contributed by atoms with Gasteiger partial charge in [-0.2, -0.15) is 8.78 Å². The zero-order valence-electron chi connectivity index (χ0n) is 10.8. The molecule has 0 spiro atoms. The van der Waals surface area contributed by atoms with Gasteiger partial charge in [-0.15, -0.1) is 0 Å². The topological polar surface area (TPSA) is 48.4 Å². The van der Waals surface area contributed by atoms with Crippen molar-refractivity contribution in [1.29, 1.82) is 0 Å². The summed E-state index contributed by atoms with van der Waals surface area (Å²) in [4.78, 5) is 15.5. The maximum absolute atomic E-state index is 14.0. The zero-order chi connectivity index (χ0) is 15.4. The van der Waals surface area contributed by atoms with Crippen molar-refractivity contribution in [1.82, 2.24) is 4.98 Å².